The van der Waals surface area contributed by atoms with Gasteiger partial charge in [-0.15, -0.1) is 0 Å². The number of hydrogen-bond acceptors (Lipinski definition) is 22. The molecule has 0 saturated heterocycles. The number of nitrogens with zero attached hydrogens (tertiary/aromatic N) is 16. The quantitative estimate of drug-likeness (QED) is 0.0330. The summed E-state index contributed by atoms with van der Waals surface area (Å²) in [6.45, 7) is 10.2. The Labute approximate surface area is 763 Å². The highest BCUT2D eigenvalue weighted by Crippen LogP contribution is 2.45. The number of ether oxygens (including phenoxy) is 3. The van der Waals surface area contributed by atoms with Crippen molar-refractivity contribution in [1.82, 2.24) is 77.4 Å². The van der Waals surface area contributed by atoms with Crippen molar-refractivity contribution in [3.05, 3.63) is 285 Å². The lowest BCUT2D eigenvalue weighted by molar-refractivity contribution is 0.356. The number of anilines is 2. The number of halogens is 6. The van der Waals surface area contributed by atoms with Crippen molar-refractivity contribution >= 4 is 122 Å². The van der Waals surface area contributed by atoms with E-state index >= 15 is 4.39 Å². The summed E-state index contributed by atoms with van der Waals surface area (Å²) in [5, 5.41) is 7.80. The van der Waals surface area contributed by atoms with Crippen molar-refractivity contribution in [2.75, 3.05) is 30.5 Å². The van der Waals surface area contributed by atoms with E-state index in [4.69, 9.17) is 44.1 Å². The van der Waals surface area contributed by atoms with Crippen LogP contribution in [0.5, 0.6) is 17.2 Å². The Kier molecular flexibility index (Phi) is 24.4. The number of aromatic nitrogens is 16. The van der Waals surface area contributed by atoms with Crippen LogP contribution in [0.4, 0.5) is 29.5 Å². The van der Waals surface area contributed by atoms with Crippen LogP contribution in [-0.4, -0.2) is 106 Å². The summed E-state index contributed by atoms with van der Waals surface area (Å²) >= 11 is 6.23. The molecule has 23 nitrogen and oxygen atoms in total. The molecule has 0 atom stereocenters. The van der Waals surface area contributed by atoms with Crippen molar-refractivity contribution in [3.63, 3.8) is 0 Å². The predicted octanol–water partition coefficient (Wildman–Crippen LogP) is 19.8. The number of thioether (sulfide) groups is 1. The fourth-order valence-corrected chi connectivity index (χ4v) is 23.3. The van der Waals surface area contributed by atoms with E-state index in [1.807, 2.05) is 97.8 Å². The summed E-state index contributed by atoms with van der Waals surface area (Å²) in [5.41, 5.74) is 25.7. The first-order valence-corrected chi connectivity index (χ1v) is 47.9. The molecule has 0 amide bonds. The summed E-state index contributed by atoms with van der Waals surface area (Å²) < 4.78 is 111. The minimum absolute atomic E-state index is 0. The molecule has 5 aliphatic heterocycles. The van der Waals surface area contributed by atoms with E-state index in [0.717, 1.165) is 190 Å². The van der Waals surface area contributed by atoms with Gasteiger partial charge in [-0.25, -0.2) is 65.9 Å². The highest BCUT2D eigenvalue weighted by atomic mass is 127. The predicted molar refractivity (Wildman–Crippen MR) is 500 cm³/mol. The lowest BCUT2D eigenvalue weighted by Crippen LogP contribution is -2.10. The fourth-order valence-electron chi connectivity index (χ4n) is 17.6. The maximum absolute atomic E-state index is 15.0. The molecule has 0 bridgehead atoms. The van der Waals surface area contributed by atoms with Gasteiger partial charge in [0.05, 0.1) is 70.4 Å². The van der Waals surface area contributed by atoms with Gasteiger partial charge in [0, 0.05) is 182 Å². The molecule has 4 aromatic carbocycles. The van der Waals surface area contributed by atoms with E-state index in [-0.39, 0.29) is 55.4 Å². The smallest absolute Gasteiger partial charge is 0.209 e. The van der Waals surface area contributed by atoms with E-state index in [9.17, 15) is 21.6 Å². The van der Waals surface area contributed by atoms with Crippen LogP contribution in [0, 0.1) is 58.4 Å². The molecule has 126 heavy (non-hydrogen) atoms. The zero-order valence-corrected chi connectivity index (χ0v) is 75.0. The van der Waals surface area contributed by atoms with E-state index in [1.165, 1.54) is 30.1 Å². The third-order valence-corrected chi connectivity index (χ3v) is 29.8. The van der Waals surface area contributed by atoms with Crippen molar-refractivity contribution in [1.29, 1.82) is 0 Å². The van der Waals surface area contributed by atoms with Gasteiger partial charge >= 0.3 is 0 Å². The van der Waals surface area contributed by atoms with Gasteiger partial charge in [0.1, 0.15) is 89.9 Å². The molecule has 6 aliphatic rings. The highest BCUT2D eigenvalue weighted by molar-refractivity contribution is 14.1. The first kappa shape index (κ1) is 85.9. The maximum atomic E-state index is 15.0. The molecular formula is C93H84F4I2N18O5S4. The largest absolute Gasteiger partial charge is 0.493 e. The number of aryl methyl sites for hydroxylation is 7. The van der Waals surface area contributed by atoms with E-state index in [0.29, 0.717) is 128 Å². The number of benzene rings is 4. The Bertz CT molecular complexity index is 6970. The molecular weight excluding hydrogens is 1910 g/mol. The second kappa shape index (κ2) is 35.8. The van der Waals surface area contributed by atoms with Gasteiger partial charge in [-0.05, 0) is 194 Å². The molecule has 0 spiro atoms. The van der Waals surface area contributed by atoms with Gasteiger partial charge in [-0.2, -0.15) is 0 Å². The minimum atomic E-state index is -3.67. The SMILES string of the molecule is C.C.Cc1ccc(-c2cnc(NCc3c(F)ccc4c3CCC4)n3cnc(I)c23)c(CSSCc2nc(C)ccc2-c2cnc(NCc3c(F)ccc4c3CCO4)n3cnc(I)c23)n1.Cc1ccc2c(n1)CS(=O)(=O)c1ncn3c(CCc4c(F)ccc5c4CCO5)ncc-2c13.Cc1ccc2c(n1)CSc1ncn3c(CCc4c(F)ccc5c4CCO5)ncc-2c13. The molecule has 0 unspecified atom stereocenters. The Morgan fingerprint density at radius 3 is 1.40 bits per heavy atom. The number of sulfone groups is 1. The van der Waals surface area contributed by atoms with Crippen molar-refractivity contribution in [2.45, 2.75) is 153 Å². The van der Waals surface area contributed by atoms with Gasteiger partial charge in [0.15, 0.2) is 5.03 Å². The van der Waals surface area contributed by atoms with Crippen molar-refractivity contribution < 1.29 is 40.2 Å². The first-order chi connectivity index (χ1) is 60.3. The van der Waals surface area contributed by atoms with Crippen LogP contribution in [0.25, 0.3) is 66.6 Å². The average Bonchev–Trinajstić information content (AvgIpc) is 1.59. The third-order valence-electron chi connectivity index (χ3n) is 23.5. The molecule has 22 rings (SSSR count). The summed E-state index contributed by atoms with van der Waals surface area (Å²) in [4.78, 5) is 56.5. The molecule has 0 radical (unpaired) electrons. The zero-order chi connectivity index (χ0) is 84.8. The number of pyridine rings is 4. The topological polar surface area (TPSA) is 258 Å². The van der Waals surface area contributed by atoms with Gasteiger partial charge in [-0.1, -0.05) is 78.5 Å². The fraction of sp³-hybridized carbons (Fsp3) is 0.269. The Balaban J connectivity index is 0.000000141. The molecule has 16 aromatic rings. The monoisotopic (exact) mass is 1990 g/mol. The molecule has 2 N–H and O–H groups in total. The standard InChI is InChI=1S/C45H38F2I2N10OS2.C23H19FN4O3S.C23H19FN4OS.2CH4/c1-24-6-9-28(33-18-52-44(58-22-54-42(48)40(33)58)50-16-31-27-5-3-4-26(27)8-11-35(31)46)37(56-24)20-61-62-21-38-29(10-7-25(2)57-38)34-19-53-45(59-23-55-43(49)41(34)59)51-17-32-30-14-15-60-39(30)13-12-36(32)47;1-13-2-3-15-17-10-25-21(7-4-14-16-8-9-31-20(16)6-5-18(14)24)28-12-26-23(22(17)28)32(29,30)11-19(15)27-13;1-13-2-3-15-17-10-25-21(28-12-26-23(22(17)28)30-11-19(15)27-13)7-4-14-16-8-9-29-20(16)6-5-18(14)24;;/h6-13,18-19,22-23H,3-5,14-17,20-21H2,1-2H3,(H,50,52)(H,51,53);2-3,5-6,10,12H,4,7-9,11H2,1H3;2-3,5-6,10,12H,4,7-9,11H2,1H3;2*1H4. The molecule has 0 fully saturated rings. The lowest BCUT2D eigenvalue weighted by atomic mass is 9.99. The van der Waals surface area contributed by atoms with Crippen LogP contribution in [0.2, 0.25) is 0 Å². The Hall–Kier alpha value is -10.9. The molecule has 0 saturated carbocycles. The number of hydrogen-bond donors (Lipinski definition) is 2. The second-order valence-electron chi connectivity index (χ2n) is 31.1. The van der Waals surface area contributed by atoms with Crippen LogP contribution in [0.1, 0.15) is 129 Å². The van der Waals surface area contributed by atoms with Gasteiger partial charge in [-0.3, -0.25) is 37.5 Å². The van der Waals surface area contributed by atoms with Crippen molar-refractivity contribution in [2.24, 2.45) is 0 Å². The van der Waals surface area contributed by atoms with Crippen LogP contribution < -0.4 is 24.8 Å². The van der Waals surface area contributed by atoms with Crippen LogP contribution in [0.3, 0.4) is 0 Å². The first-order valence-electron chi connectivity index (χ1n) is 40.6. The van der Waals surface area contributed by atoms with E-state index in [2.05, 4.69) is 108 Å². The van der Waals surface area contributed by atoms with Crippen LogP contribution >= 0.6 is 78.5 Å². The lowest BCUT2D eigenvalue weighted by Gasteiger charge is -2.16. The highest BCUT2D eigenvalue weighted by Gasteiger charge is 2.34. The summed E-state index contributed by atoms with van der Waals surface area (Å²) in [6.07, 6.45) is 21.3. The summed E-state index contributed by atoms with van der Waals surface area (Å²) in [6, 6.07) is 29.2. The minimum Gasteiger partial charge on any atom is -0.493 e. The average molecular weight is 1990 g/mol. The van der Waals surface area contributed by atoms with Crippen molar-refractivity contribution in [3.8, 4) is 61.8 Å². The van der Waals surface area contributed by atoms with Gasteiger partial charge in [0.25, 0.3) is 0 Å². The number of imidazole rings is 4. The molecule has 17 heterocycles. The number of fused-ring (bicyclic) bond motifs is 10. The van der Waals surface area contributed by atoms with Crippen LogP contribution in [0.15, 0.2) is 157 Å². The van der Waals surface area contributed by atoms with E-state index < -0.39 is 9.84 Å². The summed E-state index contributed by atoms with van der Waals surface area (Å²) in [5.74, 6) is 5.94. The second-order valence-corrected chi connectivity index (χ2v) is 38.5. The normalized spacial score (nSPS) is 13.9. The third kappa shape index (κ3) is 16.2. The molecule has 12 aromatic heterocycles. The Morgan fingerprint density at radius 1 is 0.429 bits per heavy atom. The van der Waals surface area contributed by atoms with Gasteiger partial charge in [0.2, 0.25) is 21.7 Å². The van der Waals surface area contributed by atoms with E-state index in [1.54, 1.807) is 80.9 Å². The van der Waals surface area contributed by atoms with Gasteiger partial charge < -0.3 is 24.8 Å². The molecule has 642 valence electrons. The molecule has 1 aliphatic carbocycles. The zero-order valence-electron chi connectivity index (χ0n) is 67.4. The molecule has 33 heteroatoms. The maximum Gasteiger partial charge on any atom is 0.209 e. The number of rotatable bonds is 19. The number of nitrogens with one attached hydrogen (secondary N) is 2. The summed E-state index contributed by atoms with van der Waals surface area (Å²) in [7, 11) is -0.226. The van der Waals surface area contributed by atoms with Crippen LogP contribution in [-0.2, 0) is 104 Å². The Morgan fingerprint density at radius 2 is 0.857 bits per heavy atom.